The fourth-order valence-corrected chi connectivity index (χ4v) is 5.91. The highest BCUT2D eigenvalue weighted by Crippen LogP contribution is 2.29. The highest BCUT2D eigenvalue weighted by Gasteiger charge is 2.20. The van der Waals surface area contributed by atoms with E-state index < -0.39 is 27.7 Å². The van der Waals surface area contributed by atoms with Crippen LogP contribution in [-0.4, -0.2) is 44.3 Å². The van der Waals surface area contributed by atoms with Gasteiger partial charge >= 0.3 is 12.1 Å². The van der Waals surface area contributed by atoms with Gasteiger partial charge in [-0.2, -0.15) is 0 Å². The summed E-state index contributed by atoms with van der Waals surface area (Å²) in [6.07, 6.45) is -0.508. The second-order valence-corrected chi connectivity index (χ2v) is 13.0. The summed E-state index contributed by atoms with van der Waals surface area (Å²) in [6.45, 7) is 8.40. The third kappa shape index (κ3) is 8.84. The minimum Gasteiger partial charge on any atom is -0.478 e. The lowest BCUT2D eigenvalue weighted by Crippen LogP contribution is -2.38. The van der Waals surface area contributed by atoms with Crippen molar-refractivity contribution in [3.8, 4) is 11.1 Å². The molecule has 0 fully saturated rings. The van der Waals surface area contributed by atoms with Crippen LogP contribution in [0.3, 0.4) is 0 Å². The van der Waals surface area contributed by atoms with Crippen molar-refractivity contribution in [3.05, 3.63) is 114 Å². The average molecular weight is 616 g/mol. The van der Waals surface area contributed by atoms with Gasteiger partial charge in [0.1, 0.15) is 5.60 Å². The number of carbonyl (C=O) groups is 2. The van der Waals surface area contributed by atoms with Gasteiger partial charge in [-0.1, -0.05) is 60.7 Å². The van der Waals surface area contributed by atoms with Crippen molar-refractivity contribution in [1.82, 2.24) is 5.32 Å². The van der Waals surface area contributed by atoms with Crippen molar-refractivity contribution in [2.24, 2.45) is 0 Å². The predicted molar refractivity (Wildman–Crippen MR) is 173 cm³/mol. The summed E-state index contributed by atoms with van der Waals surface area (Å²) in [4.78, 5) is 25.8. The summed E-state index contributed by atoms with van der Waals surface area (Å²) in [5, 5.41) is 12.2. The summed E-state index contributed by atoms with van der Waals surface area (Å²) in [5.74, 6) is -1.06. The summed E-state index contributed by atoms with van der Waals surface area (Å²) >= 11 is 0. The monoisotopic (exact) mass is 615 g/mol. The molecule has 4 rings (SSSR count). The maximum absolute atomic E-state index is 13.6. The maximum Gasteiger partial charge on any atom is 0.407 e. The third-order valence-electron chi connectivity index (χ3n) is 6.65. The molecule has 44 heavy (non-hydrogen) atoms. The minimum atomic E-state index is -4.01. The van der Waals surface area contributed by atoms with Crippen LogP contribution in [0.25, 0.3) is 11.1 Å². The first-order valence-corrected chi connectivity index (χ1v) is 15.6. The molecule has 4 aromatic rings. The molecule has 0 bridgehead atoms. The number of aromatic carboxylic acids is 1. The van der Waals surface area contributed by atoms with Gasteiger partial charge in [0.2, 0.25) is 0 Å². The zero-order valence-electron chi connectivity index (χ0n) is 25.2. The summed E-state index contributed by atoms with van der Waals surface area (Å²) in [5.41, 5.74) is 3.41. The highest BCUT2D eigenvalue weighted by atomic mass is 32.2. The van der Waals surface area contributed by atoms with Crippen LogP contribution in [0, 0.1) is 6.92 Å². The van der Waals surface area contributed by atoms with E-state index in [1.165, 1.54) is 12.1 Å². The molecule has 0 saturated carbocycles. The topological polar surface area (TPSA) is 125 Å². The molecular formula is C34H37N3O6S. The molecular weight excluding hydrogens is 578 g/mol. The quantitative estimate of drug-likeness (QED) is 0.172. The van der Waals surface area contributed by atoms with Gasteiger partial charge in [0, 0.05) is 25.3 Å². The Hall–Kier alpha value is -4.83. The molecule has 0 unspecified atom stereocenters. The first kappa shape index (κ1) is 32.1. The van der Waals surface area contributed by atoms with E-state index in [0.29, 0.717) is 42.0 Å². The van der Waals surface area contributed by atoms with Crippen LogP contribution in [0.2, 0.25) is 0 Å². The number of carbonyl (C=O) groups excluding carboxylic acids is 1. The predicted octanol–water partition coefficient (Wildman–Crippen LogP) is 6.69. The number of nitrogens with one attached hydrogen (secondary N) is 2. The molecule has 1 amide bonds. The van der Waals surface area contributed by atoms with E-state index in [-0.39, 0.29) is 10.5 Å². The van der Waals surface area contributed by atoms with Crippen molar-refractivity contribution < 1.29 is 27.9 Å². The van der Waals surface area contributed by atoms with Crippen LogP contribution in [0.5, 0.6) is 0 Å². The Morgan fingerprint density at radius 3 is 2.27 bits per heavy atom. The Morgan fingerprint density at radius 2 is 1.57 bits per heavy atom. The Kier molecular flexibility index (Phi) is 9.95. The fourth-order valence-electron chi connectivity index (χ4n) is 4.59. The maximum atomic E-state index is 13.6. The van der Waals surface area contributed by atoms with E-state index in [4.69, 9.17) is 4.74 Å². The molecule has 0 aromatic heterocycles. The van der Waals surface area contributed by atoms with Crippen molar-refractivity contribution in [2.45, 2.75) is 44.7 Å². The molecule has 0 aliphatic heterocycles. The van der Waals surface area contributed by atoms with Crippen LogP contribution in [0.4, 0.5) is 16.2 Å². The van der Waals surface area contributed by atoms with E-state index in [9.17, 15) is 23.1 Å². The number of carboxylic acids is 1. The van der Waals surface area contributed by atoms with E-state index in [1.54, 1.807) is 76.2 Å². The van der Waals surface area contributed by atoms with Gasteiger partial charge in [0.15, 0.2) is 0 Å². The number of rotatable bonds is 11. The second-order valence-electron chi connectivity index (χ2n) is 11.4. The highest BCUT2D eigenvalue weighted by molar-refractivity contribution is 7.92. The lowest BCUT2D eigenvalue weighted by Gasteiger charge is -2.26. The number of carboxylic acid groups (broad SMARTS) is 1. The Morgan fingerprint density at radius 1 is 0.864 bits per heavy atom. The van der Waals surface area contributed by atoms with Gasteiger partial charge < -0.3 is 20.1 Å². The molecule has 4 aromatic carbocycles. The number of ether oxygens (including phenoxy) is 1. The van der Waals surface area contributed by atoms with Crippen LogP contribution in [-0.2, 0) is 21.3 Å². The minimum absolute atomic E-state index is 0.0869. The van der Waals surface area contributed by atoms with Crippen molar-refractivity contribution in [1.29, 1.82) is 0 Å². The van der Waals surface area contributed by atoms with Crippen molar-refractivity contribution >= 4 is 33.5 Å². The Bertz CT molecular complexity index is 1730. The van der Waals surface area contributed by atoms with Gasteiger partial charge in [0.05, 0.1) is 16.1 Å². The normalized spacial score (nSPS) is 11.5. The number of nitrogens with zero attached hydrogens (tertiary/aromatic N) is 1. The zero-order chi connectivity index (χ0) is 31.9. The van der Waals surface area contributed by atoms with Gasteiger partial charge in [-0.25, -0.2) is 18.0 Å². The molecule has 0 heterocycles. The number of anilines is 2. The molecule has 10 heteroatoms. The number of hydrogen-bond acceptors (Lipinski definition) is 6. The van der Waals surface area contributed by atoms with Crippen LogP contribution in [0.15, 0.2) is 102 Å². The molecule has 9 nitrogen and oxygen atoms in total. The molecule has 0 spiro atoms. The number of benzene rings is 4. The van der Waals surface area contributed by atoms with E-state index in [0.717, 1.165) is 11.3 Å². The Labute approximate surface area is 258 Å². The number of hydrogen-bond donors (Lipinski definition) is 3. The molecule has 0 saturated heterocycles. The fraction of sp³-hybridized carbons (Fsp3) is 0.235. The summed E-state index contributed by atoms with van der Waals surface area (Å²) < 4.78 is 35.3. The van der Waals surface area contributed by atoms with Gasteiger partial charge in [0.25, 0.3) is 10.0 Å². The van der Waals surface area contributed by atoms with Crippen LogP contribution in [0.1, 0.15) is 42.3 Å². The van der Waals surface area contributed by atoms with Crippen molar-refractivity contribution in [3.63, 3.8) is 0 Å². The smallest absolute Gasteiger partial charge is 0.407 e. The lowest BCUT2D eigenvalue weighted by molar-refractivity contribution is 0.0528. The largest absolute Gasteiger partial charge is 0.478 e. The van der Waals surface area contributed by atoms with Crippen LogP contribution < -0.4 is 14.9 Å². The van der Waals surface area contributed by atoms with Gasteiger partial charge in [-0.3, -0.25) is 4.72 Å². The third-order valence-corrected chi connectivity index (χ3v) is 8.17. The molecule has 0 radical (unpaired) electrons. The summed E-state index contributed by atoms with van der Waals surface area (Å²) in [7, 11) is -4.01. The average Bonchev–Trinajstić information content (AvgIpc) is 2.96. The molecule has 0 atom stereocenters. The molecule has 230 valence electrons. The molecule has 3 N–H and O–H groups in total. The van der Waals surface area contributed by atoms with Crippen LogP contribution >= 0.6 is 0 Å². The van der Waals surface area contributed by atoms with E-state index >= 15 is 0 Å². The van der Waals surface area contributed by atoms with Gasteiger partial charge in [-0.05, 0) is 86.3 Å². The van der Waals surface area contributed by atoms with E-state index in [2.05, 4.69) is 10.0 Å². The number of alkyl carbamates (subject to hydrolysis) is 1. The Balaban J connectivity index is 1.57. The number of sulfonamides is 1. The number of aryl methyl sites for hydroxylation is 1. The lowest BCUT2D eigenvalue weighted by atomic mass is 10.0. The SMILES string of the molecule is Cc1ccc(-c2cccc(C(=O)O)c2)cc1S(=O)(=O)Nc1cccc(N(CCNC(=O)OC(C)(C)C)Cc2ccccc2)c1. The molecule has 0 aliphatic rings. The first-order chi connectivity index (χ1) is 20.8. The number of amides is 1. The van der Waals surface area contributed by atoms with Crippen molar-refractivity contribution in [2.75, 3.05) is 22.7 Å². The molecule has 0 aliphatic carbocycles. The van der Waals surface area contributed by atoms with Gasteiger partial charge in [-0.15, -0.1) is 0 Å². The second kappa shape index (κ2) is 13.6. The first-order valence-electron chi connectivity index (χ1n) is 14.1. The zero-order valence-corrected chi connectivity index (χ0v) is 26.0. The standard InChI is InChI=1S/C34H37N3O6S/c1-24-16-17-27(26-12-8-13-28(20-26)32(38)39)21-31(24)44(41,42)36-29-14-9-15-30(22-29)37(23-25-10-6-5-7-11-25)19-18-35-33(40)43-34(2,3)4/h5-17,20-22,36H,18-19,23H2,1-4H3,(H,35,40)(H,38,39). The summed E-state index contributed by atoms with van der Waals surface area (Å²) in [6, 6.07) is 28.3. The van der Waals surface area contributed by atoms with E-state index in [1.807, 2.05) is 41.3 Å².